The zero-order chi connectivity index (χ0) is 11.9. The third-order valence-electron chi connectivity index (χ3n) is 4.70. The lowest BCUT2D eigenvalue weighted by atomic mass is 9.71. The number of ketones is 1. The second kappa shape index (κ2) is 3.97. The van der Waals surface area contributed by atoms with Crippen molar-refractivity contribution in [3.05, 3.63) is 35.4 Å². The molecule has 1 heteroatoms. The molecule has 0 radical (unpaired) electrons. The summed E-state index contributed by atoms with van der Waals surface area (Å²) >= 11 is 0. The minimum atomic E-state index is 0.114. The summed E-state index contributed by atoms with van der Waals surface area (Å²) in [5, 5.41) is 0. The Balaban J connectivity index is 1.99. The van der Waals surface area contributed by atoms with Gasteiger partial charge in [-0.15, -0.1) is 0 Å². The molecule has 0 amide bonds. The third-order valence-corrected chi connectivity index (χ3v) is 4.70. The summed E-state index contributed by atoms with van der Waals surface area (Å²) in [6.07, 6.45) is 6.60. The molecule has 2 fully saturated rings. The first-order valence-electron chi connectivity index (χ1n) is 6.80. The summed E-state index contributed by atoms with van der Waals surface area (Å²) in [5.41, 5.74) is 3.09. The summed E-state index contributed by atoms with van der Waals surface area (Å²) in [7, 11) is 0. The van der Waals surface area contributed by atoms with Gasteiger partial charge in [0, 0.05) is 18.3 Å². The molecule has 0 aliphatic heterocycles. The Labute approximate surface area is 103 Å². The molecular formula is C16H20O. The molecule has 1 aromatic rings. The predicted molar refractivity (Wildman–Crippen MR) is 69.2 cm³/mol. The molecule has 3 rings (SSSR count). The molecule has 0 N–H and O–H groups in total. The molecule has 0 heterocycles. The maximum atomic E-state index is 11.6. The summed E-state index contributed by atoms with van der Waals surface area (Å²) in [4.78, 5) is 11.6. The number of carbonyl (C=O) groups excluding carboxylic acids is 1. The highest BCUT2D eigenvalue weighted by Crippen LogP contribution is 2.46. The molecule has 0 aromatic heterocycles. The van der Waals surface area contributed by atoms with E-state index in [1.54, 1.807) is 0 Å². The van der Waals surface area contributed by atoms with Gasteiger partial charge in [0.1, 0.15) is 5.78 Å². The van der Waals surface area contributed by atoms with Crippen LogP contribution in [-0.2, 0) is 10.2 Å². The standard InChI is InChI=1S/C16H20O/c1-16(10-9-13(17)11-16)15-8-3-2-7-14(15)12-5-4-6-12/h2-3,7-8,12H,4-6,9-11H2,1H3. The molecule has 0 saturated heterocycles. The van der Waals surface area contributed by atoms with Gasteiger partial charge < -0.3 is 0 Å². The van der Waals surface area contributed by atoms with Crippen molar-refractivity contribution < 1.29 is 4.79 Å². The minimum absolute atomic E-state index is 0.114. The quantitative estimate of drug-likeness (QED) is 0.748. The van der Waals surface area contributed by atoms with Crippen LogP contribution in [0.5, 0.6) is 0 Å². The normalized spacial score (nSPS) is 29.4. The van der Waals surface area contributed by atoms with Crippen molar-refractivity contribution in [2.24, 2.45) is 0 Å². The molecule has 1 nitrogen and oxygen atoms in total. The maximum absolute atomic E-state index is 11.6. The van der Waals surface area contributed by atoms with Crippen molar-refractivity contribution in [2.45, 2.75) is 56.8 Å². The highest BCUT2D eigenvalue weighted by atomic mass is 16.1. The van der Waals surface area contributed by atoms with Crippen LogP contribution < -0.4 is 0 Å². The summed E-state index contributed by atoms with van der Waals surface area (Å²) < 4.78 is 0. The minimum Gasteiger partial charge on any atom is -0.300 e. The zero-order valence-electron chi connectivity index (χ0n) is 10.5. The number of hydrogen-bond acceptors (Lipinski definition) is 1. The van der Waals surface area contributed by atoms with E-state index in [-0.39, 0.29) is 5.41 Å². The molecule has 17 heavy (non-hydrogen) atoms. The number of rotatable bonds is 2. The Morgan fingerprint density at radius 1 is 1.24 bits per heavy atom. The summed E-state index contributed by atoms with van der Waals surface area (Å²) in [6, 6.07) is 8.82. The molecule has 0 spiro atoms. The van der Waals surface area contributed by atoms with Gasteiger partial charge in [-0.25, -0.2) is 0 Å². The Hall–Kier alpha value is -1.11. The van der Waals surface area contributed by atoms with E-state index in [2.05, 4.69) is 31.2 Å². The monoisotopic (exact) mass is 228 g/mol. The van der Waals surface area contributed by atoms with Crippen LogP contribution >= 0.6 is 0 Å². The van der Waals surface area contributed by atoms with E-state index in [1.807, 2.05) is 0 Å². The molecular weight excluding hydrogens is 208 g/mol. The fourth-order valence-electron chi connectivity index (χ4n) is 3.38. The van der Waals surface area contributed by atoms with Crippen molar-refractivity contribution in [3.8, 4) is 0 Å². The van der Waals surface area contributed by atoms with Crippen LogP contribution in [0.25, 0.3) is 0 Å². The van der Waals surface area contributed by atoms with Gasteiger partial charge in [-0.3, -0.25) is 4.79 Å². The SMILES string of the molecule is CC1(c2ccccc2C2CCC2)CCC(=O)C1. The summed E-state index contributed by atoms with van der Waals surface area (Å²) in [6.45, 7) is 2.27. The average molecular weight is 228 g/mol. The van der Waals surface area contributed by atoms with E-state index in [0.29, 0.717) is 5.78 Å². The molecule has 1 atom stereocenters. The van der Waals surface area contributed by atoms with E-state index in [9.17, 15) is 4.79 Å². The van der Waals surface area contributed by atoms with E-state index in [1.165, 1.54) is 30.4 Å². The van der Waals surface area contributed by atoms with Gasteiger partial charge in [0.25, 0.3) is 0 Å². The van der Waals surface area contributed by atoms with Crippen LogP contribution in [0.15, 0.2) is 24.3 Å². The van der Waals surface area contributed by atoms with E-state index in [0.717, 1.165) is 25.2 Å². The smallest absolute Gasteiger partial charge is 0.133 e. The third kappa shape index (κ3) is 1.82. The second-order valence-corrected chi connectivity index (χ2v) is 5.99. The molecule has 1 unspecified atom stereocenters. The fraction of sp³-hybridized carbons (Fsp3) is 0.562. The van der Waals surface area contributed by atoms with Crippen molar-refractivity contribution in [3.63, 3.8) is 0 Å². The van der Waals surface area contributed by atoms with Crippen LogP contribution in [0.4, 0.5) is 0 Å². The first-order valence-corrected chi connectivity index (χ1v) is 6.80. The highest BCUT2D eigenvalue weighted by Gasteiger charge is 2.38. The van der Waals surface area contributed by atoms with E-state index in [4.69, 9.17) is 0 Å². The Morgan fingerprint density at radius 3 is 2.59 bits per heavy atom. The molecule has 0 bridgehead atoms. The molecule has 1 aromatic carbocycles. The lowest BCUT2D eigenvalue weighted by Gasteiger charge is -2.33. The van der Waals surface area contributed by atoms with E-state index < -0.39 is 0 Å². The number of Topliss-reactive ketones (excluding diaryl/α,β-unsaturated/α-hetero) is 1. The van der Waals surface area contributed by atoms with Crippen molar-refractivity contribution >= 4 is 5.78 Å². The van der Waals surface area contributed by atoms with E-state index >= 15 is 0 Å². The topological polar surface area (TPSA) is 17.1 Å². The van der Waals surface area contributed by atoms with Crippen LogP contribution in [0.3, 0.4) is 0 Å². The molecule has 2 aliphatic carbocycles. The van der Waals surface area contributed by atoms with Gasteiger partial charge in [0.15, 0.2) is 0 Å². The van der Waals surface area contributed by atoms with Gasteiger partial charge in [0.2, 0.25) is 0 Å². The Bertz CT molecular complexity index is 445. The summed E-state index contributed by atoms with van der Waals surface area (Å²) in [5.74, 6) is 1.20. The van der Waals surface area contributed by atoms with Crippen LogP contribution in [0.1, 0.15) is 62.5 Å². The van der Waals surface area contributed by atoms with Gasteiger partial charge in [0.05, 0.1) is 0 Å². The fourth-order valence-corrected chi connectivity index (χ4v) is 3.38. The van der Waals surface area contributed by atoms with Crippen LogP contribution in [0.2, 0.25) is 0 Å². The van der Waals surface area contributed by atoms with Gasteiger partial charge in [-0.2, -0.15) is 0 Å². The first kappa shape index (κ1) is 11.0. The molecule has 2 saturated carbocycles. The van der Waals surface area contributed by atoms with Gasteiger partial charge in [-0.05, 0) is 36.3 Å². The average Bonchev–Trinajstić information content (AvgIpc) is 2.58. The lowest BCUT2D eigenvalue weighted by molar-refractivity contribution is -0.117. The zero-order valence-corrected chi connectivity index (χ0v) is 10.5. The van der Waals surface area contributed by atoms with Crippen LogP contribution in [-0.4, -0.2) is 5.78 Å². The lowest BCUT2D eigenvalue weighted by Crippen LogP contribution is -2.23. The van der Waals surface area contributed by atoms with Crippen molar-refractivity contribution in [1.82, 2.24) is 0 Å². The molecule has 2 aliphatic rings. The van der Waals surface area contributed by atoms with Gasteiger partial charge >= 0.3 is 0 Å². The predicted octanol–water partition coefficient (Wildman–Crippen LogP) is 3.96. The Morgan fingerprint density at radius 2 is 2.00 bits per heavy atom. The number of carbonyl (C=O) groups is 1. The highest BCUT2D eigenvalue weighted by molar-refractivity contribution is 5.82. The number of hydrogen-bond donors (Lipinski definition) is 0. The number of benzene rings is 1. The van der Waals surface area contributed by atoms with Crippen molar-refractivity contribution in [2.75, 3.05) is 0 Å². The van der Waals surface area contributed by atoms with Crippen LogP contribution in [0, 0.1) is 0 Å². The maximum Gasteiger partial charge on any atom is 0.133 e. The molecule has 90 valence electrons. The first-order chi connectivity index (χ1) is 8.19. The van der Waals surface area contributed by atoms with Crippen molar-refractivity contribution in [1.29, 1.82) is 0 Å². The second-order valence-electron chi connectivity index (χ2n) is 5.99. The Kier molecular flexibility index (Phi) is 2.57. The largest absolute Gasteiger partial charge is 0.300 e. The van der Waals surface area contributed by atoms with Gasteiger partial charge in [-0.1, -0.05) is 37.6 Å².